The van der Waals surface area contributed by atoms with Crippen LogP contribution >= 0.6 is 0 Å². The fourth-order valence-electron chi connectivity index (χ4n) is 1.96. The maximum absolute atomic E-state index is 11.1. The van der Waals surface area contributed by atoms with Crippen molar-refractivity contribution < 1.29 is 9.72 Å². The maximum atomic E-state index is 11.1. The Morgan fingerprint density at radius 3 is 2.67 bits per heavy atom. The van der Waals surface area contributed by atoms with Crippen molar-refractivity contribution in [2.45, 2.75) is 19.3 Å². The van der Waals surface area contributed by atoms with Gasteiger partial charge in [-0.1, -0.05) is 18.2 Å². The molecular formula is C11H11NO3. The first-order chi connectivity index (χ1) is 7.11. The molecule has 1 saturated carbocycles. The number of nitro groups is 1. The Labute approximate surface area is 87.1 Å². The normalized spacial score (nSPS) is 23.5. The number of nitro benzene ring substituents is 1. The number of rotatable bonds is 3. The minimum Gasteiger partial charge on any atom is -0.300 e. The molecule has 78 valence electrons. The van der Waals surface area contributed by atoms with Crippen LogP contribution in [-0.2, 0) is 4.79 Å². The molecule has 2 atom stereocenters. The van der Waals surface area contributed by atoms with Crippen LogP contribution in [0.4, 0.5) is 5.69 Å². The smallest absolute Gasteiger partial charge is 0.272 e. The van der Waals surface area contributed by atoms with E-state index >= 15 is 0 Å². The minimum atomic E-state index is -0.384. The van der Waals surface area contributed by atoms with E-state index in [1.165, 1.54) is 6.07 Å². The van der Waals surface area contributed by atoms with Crippen molar-refractivity contribution in [1.82, 2.24) is 0 Å². The highest BCUT2D eigenvalue weighted by atomic mass is 16.6. The first-order valence-electron chi connectivity index (χ1n) is 4.85. The van der Waals surface area contributed by atoms with Gasteiger partial charge in [0.1, 0.15) is 5.78 Å². The first-order valence-corrected chi connectivity index (χ1v) is 4.85. The molecule has 0 amide bonds. The van der Waals surface area contributed by atoms with E-state index in [2.05, 4.69) is 0 Å². The van der Waals surface area contributed by atoms with Gasteiger partial charge in [-0.2, -0.15) is 0 Å². The standard InChI is InChI=1S/C11H11NO3/c1-7(13)9-6-10(9)8-4-2-3-5-11(8)12(14)15/h2-5,9-10H,6H2,1H3. The van der Waals surface area contributed by atoms with Crippen molar-refractivity contribution in [3.05, 3.63) is 39.9 Å². The van der Waals surface area contributed by atoms with Gasteiger partial charge in [0.2, 0.25) is 0 Å². The number of ketones is 1. The Morgan fingerprint density at radius 2 is 2.13 bits per heavy atom. The number of benzene rings is 1. The molecule has 0 radical (unpaired) electrons. The molecular weight excluding hydrogens is 194 g/mol. The molecule has 0 aromatic heterocycles. The van der Waals surface area contributed by atoms with Crippen LogP contribution in [0.5, 0.6) is 0 Å². The van der Waals surface area contributed by atoms with Gasteiger partial charge < -0.3 is 0 Å². The van der Waals surface area contributed by atoms with Crippen LogP contribution in [0, 0.1) is 16.0 Å². The summed E-state index contributed by atoms with van der Waals surface area (Å²) in [5.74, 6) is 0.174. The van der Waals surface area contributed by atoms with Crippen LogP contribution in [-0.4, -0.2) is 10.7 Å². The molecule has 15 heavy (non-hydrogen) atoms. The van der Waals surface area contributed by atoms with Crippen molar-refractivity contribution >= 4 is 11.5 Å². The third-order valence-electron chi connectivity index (χ3n) is 2.85. The van der Waals surface area contributed by atoms with E-state index in [9.17, 15) is 14.9 Å². The molecule has 1 aromatic carbocycles. The average molecular weight is 205 g/mol. The molecule has 0 bridgehead atoms. The second-order valence-electron chi connectivity index (χ2n) is 3.88. The van der Waals surface area contributed by atoms with Crippen molar-refractivity contribution in [2.24, 2.45) is 5.92 Å². The second-order valence-corrected chi connectivity index (χ2v) is 3.88. The molecule has 0 N–H and O–H groups in total. The zero-order valence-electron chi connectivity index (χ0n) is 8.34. The lowest BCUT2D eigenvalue weighted by Crippen LogP contribution is -1.98. The molecule has 0 aliphatic heterocycles. The topological polar surface area (TPSA) is 60.2 Å². The van der Waals surface area contributed by atoms with Gasteiger partial charge in [0.05, 0.1) is 4.92 Å². The highest BCUT2D eigenvalue weighted by molar-refractivity contribution is 5.83. The van der Waals surface area contributed by atoms with Gasteiger partial charge in [0, 0.05) is 23.5 Å². The molecule has 0 spiro atoms. The zero-order chi connectivity index (χ0) is 11.0. The summed E-state index contributed by atoms with van der Waals surface area (Å²) in [6.45, 7) is 1.54. The summed E-state index contributed by atoms with van der Waals surface area (Å²) in [5.41, 5.74) is 0.828. The molecule has 1 aliphatic rings. The van der Waals surface area contributed by atoms with Crippen LogP contribution in [0.15, 0.2) is 24.3 Å². The number of hydrogen-bond acceptors (Lipinski definition) is 3. The van der Waals surface area contributed by atoms with Crippen molar-refractivity contribution in [1.29, 1.82) is 0 Å². The Bertz CT molecular complexity index is 428. The van der Waals surface area contributed by atoms with E-state index in [1.54, 1.807) is 25.1 Å². The van der Waals surface area contributed by atoms with E-state index in [4.69, 9.17) is 0 Å². The summed E-state index contributed by atoms with van der Waals surface area (Å²) in [6.07, 6.45) is 0.750. The molecule has 2 unspecified atom stereocenters. The largest absolute Gasteiger partial charge is 0.300 e. The summed E-state index contributed by atoms with van der Waals surface area (Å²) in [5, 5.41) is 10.8. The highest BCUT2D eigenvalue weighted by Crippen LogP contribution is 2.50. The average Bonchev–Trinajstić information content (AvgIpc) is 2.97. The van der Waals surface area contributed by atoms with Crippen molar-refractivity contribution in [3.8, 4) is 0 Å². The third-order valence-corrected chi connectivity index (χ3v) is 2.85. The van der Waals surface area contributed by atoms with Crippen LogP contribution in [0.1, 0.15) is 24.8 Å². The molecule has 4 heteroatoms. The molecule has 1 fully saturated rings. The monoisotopic (exact) mass is 205 g/mol. The third kappa shape index (κ3) is 1.75. The summed E-state index contributed by atoms with van der Waals surface area (Å²) >= 11 is 0. The molecule has 0 heterocycles. The summed E-state index contributed by atoms with van der Waals surface area (Å²) < 4.78 is 0. The summed E-state index contributed by atoms with van der Waals surface area (Å²) in [4.78, 5) is 21.5. The minimum absolute atomic E-state index is 0.00824. The van der Waals surface area contributed by atoms with Crippen LogP contribution in [0.25, 0.3) is 0 Å². The number of nitrogens with zero attached hydrogens (tertiary/aromatic N) is 1. The number of hydrogen-bond donors (Lipinski definition) is 0. The summed E-state index contributed by atoms with van der Waals surface area (Å²) in [6, 6.07) is 6.65. The van der Waals surface area contributed by atoms with E-state index < -0.39 is 0 Å². The Balaban J connectivity index is 2.30. The number of Topliss-reactive ketones (excluding diaryl/α,β-unsaturated/α-hetero) is 1. The summed E-state index contributed by atoms with van der Waals surface area (Å²) in [7, 11) is 0. The zero-order valence-corrected chi connectivity index (χ0v) is 8.34. The van der Waals surface area contributed by atoms with E-state index in [-0.39, 0.29) is 28.2 Å². The number of para-hydroxylation sites is 1. The Hall–Kier alpha value is -1.71. The van der Waals surface area contributed by atoms with Crippen LogP contribution in [0.2, 0.25) is 0 Å². The Kier molecular flexibility index (Phi) is 2.26. The van der Waals surface area contributed by atoms with Gasteiger partial charge in [-0.3, -0.25) is 14.9 Å². The molecule has 1 aliphatic carbocycles. The van der Waals surface area contributed by atoms with Crippen molar-refractivity contribution in [3.63, 3.8) is 0 Å². The van der Waals surface area contributed by atoms with Crippen molar-refractivity contribution in [2.75, 3.05) is 0 Å². The van der Waals surface area contributed by atoms with Gasteiger partial charge in [0.15, 0.2) is 0 Å². The van der Waals surface area contributed by atoms with E-state index in [0.29, 0.717) is 5.56 Å². The first kappa shape index (κ1) is 9.83. The lowest BCUT2D eigenvalue weighted by Gasteiger charge is -2.00. The van der Waals surface area contributed by atoms with Gasteiger partial charge in [-0.15, -0.1) is 0 Å². The van der Waals surface area contributed by atoms with E-state index in [1.807, 2.05) is 0 Å². The van der Waals surface area contributed by atoms with Gasteiger partial charge >= 0.3 is 0 Å². The maximum Gasteiger partial charge on any atom is 0.272 e. The lowest BCUT2D eigenvalue weighted by atomic mass is 10.1. The van der Waals surface area contributed by atoms with Crippen LogP contribution < -0.4 is 0 Å². The lowest BCUT2D eigenvalue weighted by molar-refractivity contribution is -0.385. The number of carbonyl (C=O) groups is 1. The molecule has 1 aromatic rings. The quantitative estimate of drug-likeness (QED) is 0.561. The predicted molar refractivity (Wildman–Crippen MR) is 54.6 cm³/mol. The Morgan fingerprint density at radius 1 is 1.47 bits per heavy atom. The fraction of sp³-hybridized carbons (Fsp3) is 0.364. The fourth-order valence-corrected chi connectivity index (χ4v) is 1.96. The van der Waals surface area contributed by atoms with E-state index in [0.717, 1.165) is 6.42 Å². The molecule has 0 saturated heterocycles. The number of carbonyl (C=O) groups excluding carboxylic acids is 1. The highest BCUT2D eigenvalue weighted by Gasteiger charge is 2.44. The van der Waals surface area contributed by atoms with Gasteiger partial charge in [0.25, 0.3) is 5.69 Å². The van der Waals surface area contributed by atoms with Crippen LogP contribution in [0.3, 0.4) is 0 Å². The van der Waals surface area contributed by atoms with Gasteiger partial charge in [-0.25, -0.2) is 0 Å². The SMILES string of the molecule is CC(=O)C1CC1c1ccccc1[N+](=O)[O-]. The van der Waals surface area contributed by atoms with Gasteiger partial charge in [-0.05, 0) is 13.3 Å². The molecule has 4 nitrogen and oxygen atoms in total. The predicted octanol–water partition coefficient (Wildman–Crippen LogP) is 2.29. The second kappa shape index (κ2) is 3.46. The molecule has 2 rings (SSSR count).